The van der Waals surface area contributed by atoms with Crippen LogP contribution in [0.5, 0.6) is 0 Å². The summed E-state index contributed by atoms with van der Waals surface area (Å²) in [4.78, 5) is 14.4. The molecule has 0 radical (unpaired) electrons. The summed E-state index contributed by atoms with van der Waals surface area (Å²) in [6, 6.07) is 11.8. The second-order valence-electron chi connectivity index (χ2n) is 5.92. The Balaban J connectivity index is 1.73. The molecule has 130 valence electrons. The number of thiophene rings is 1. The van der Waals surface area contributed by atoms with Crippen molar-refractivity contribution in [2.24, 2.45) is 12.8 Å². The maximum atomic E-state index is 12.6. The summed E-state index contributed by atoms with van der Waals surface area (Å²) in [5, 5.41) is 10.9. The van der Waals surface area contributed by atoms with E-state index < -0.39 is 0 Å². The van der Waals surface area contributed by atoms with E-state index in [1.807, 2.05) is 50.4 Å². The number of nitrogens with one attached hydrogen (secondary N) is 1. The highest BCUT2D eigenvalue weighted by Crippen LogP contribution is 2.30. The second-order valence-corrected chi connectivity index (χ2v) is 7.18. The van der Waals surface area contributed by atoms with Gasteiger partial charge in [0.1, 0.15) is 0 Å². The summed E-state index contributed by atoms with van der Waals surface area (Å²) < 4.78 is 1.70. The fraction of sp³-hybridized carbons (Fsp3) is 0.278. The number of aromatic nitrogens is 3. The minimum atomic E-state index is -0.0980. The Morgan fingerprint density at radius 1 is 1.36 bits per heavy atom. The number of amides is 1. The second kappa shape index (κ2) is 7.58. The molecule has 0 saturated heterocycles. The molecule has 3 rings (SSSR count). The summed E-state index contributed by atoms with van der Waals surface area (Å²) in [5.74, 6) is -0.0964. The van der Waals surface area contributed by atoms with Gasteiger partial charge in [0, 0.05) is 30.1 Å². The molecule has 1 atom stereocenters. The molecule has 3 N–H and O–H groups in total. The van der Waals surface area contributed by atoms with Gasteiger partial charge in [-0.05, 0) is 25.0 Å². The van der Waals surface area contributed by atoms with Gasteiger partial charge in [-0.1, -0.05) is 35.5 Å². The van der Waals surface area contributed by atoms with Crippen LogP contribution >= 0.6 is 11.3 Å². The molecule has 25 heavy (non-hydrogen) atoms. The largest absolute Gasteiger partial charge is 0.347 e. The van der Waals surface area contributed by atoms with E-state index in [4.69, 9.17) is 5.73 Å². The SMILES string of the molecule is Cc1sc(C(=O)N[C@H](CN)Cc2ccccc2)cc1-c1cnnn1C. The van der Waals surface area contributed by atoms with Crippen molar-refractivity contribution in [3.05, 3.63) is 57.9 Å². The Kier molecular flexibility index (Phi) is 5.25. The number of carbonyl (C=O) groups excluding carboxylic acids is 1. The van der Waals surface area contributed by atoms with Gasteiger partial charge in [-0.3, -0.25) is 4.79 Å². The Hall–Kier alpha value is -2.51. The fourth-order valence-corrected chi connectivity index (χ4v) is 3.66. The normalized spacial score (nSPS) is 12.1. The van der Waals surface area contributed by atoms with Crippen molar-refractivity contribution < 1.29 is 4.79 Å². The first kappa shape index (κ1) is 17.3. The van der Waals surface area contributed by atoms with Gasteiger partial charge in [-0.15, -0.1) is 16.4 Å². The Bertz CT molecular complexity index is 855. The molecule has 0 unspecified atom stereocenters. The first-order chi connectivity index (χ1) is 12.1. The summed E-state index contributed by atoms with van der Waals surface area (Å²) in [6.07, 6.45) is 2.42. The first-order valence-electron chi connectivity index (χ1n) is 8.09. The fourth-order valence-electron chi connectivity index (χ4n) is 2.73. The van der Waals surface area contributed by atoms with Crippen LogP contribution in [-0.4, -0.2) is 33.5 Å². The van der Waals surface area contributed by atoms with Gasteiger partial charge in [-0.2, -0.15) is 0 Å². The van der Waals surface area contributed by atoms with Crippen molar-refractivity contribution in [3.8, 4) is 11.3 Å². The van der Waals surface area contributed by atoms with Crippen LogP contribution in [0.3, 0.4) is 0 Å². The lowest BCUT2D eigenvalue weighted by Gasteiger charge is -2.16. The molecule has 0 fully saturated rings. The van der Waals surface area contributed by atoms with Gasteiger partial charge >= 0.3 is 0 Å². The Morgan fingerprint density at radius 2 is 2.12 bits per heavy atom. The van der Waals surface area contributed by atoms with Gasteiger partial charge in [0.2, 0.25) is 0 Å². The third-order valence-corrected chi connectivity index (χ3v) is 5.13. The molecule has 3 aromatic rings. The van der Waals surface area contributed by atoms with Gasteiger partial charge in [0.05, 0.1) is 16.8 Å². The molecule has 0 aliphatic carbocycles. The Labute approximate surface area is 150 Å². The molecule has 6 nitrogen and oxygen atoms in total. The first-order valence-corrected chi connectivity index (χ1v) is 8.90. The predicted molar refractivity (Wildman–Crippen MR) is 99.5 cm³/mol. The molecule has 0 bridgehead atoms. The van der Waals surface area contributed by atoms with Gasteiger partial charge < -0.3 is 11.1 Å². The van der Waals surface area contributed by atoms with Crippen molar-refractivity contribution >= 4 is 17.2 Å². The number of carbonyl (C=O) groups is 1. The molecule has 0 spiro atoms. The summed E-state index contributed by atoms with van der Waals surface area (Å²) in [6.45, 7) is 2.39. The summed E-state index contributed by atoms with van der Waals surface area (Å²) in [5.41, 5.74) is 8.88. The van der Waals surface area contributed by atoms with Crippen LogP contribution < -0.4 is 11.1 Å². The van der Waals surface area contributed by atoms with Crippen LogP contribution in [0.1, 0.15) is 20.1 Å². The molecule has 0 aliphatic rings. The maximum absolute atomic E-state index is 12.6. The van der Waals surface area contributed by atoms with Crippen molar-refractivity contribution in [2.45, 2.75) is 19.4 Å². The number of benzene rings is 1. The zero-order valence-corrected chi connectivity index (χ0v) is 15.1. The highest BCUT2D eigenvalue weighted by Gasteiger charge is 2.18. The number of nitrogens with two attached hydrogens (primary N) is 1. The average Bonchev–Trinajstić information content (AvgIpc) is 3.20. The number of hydrogen-bond acceptors (Lipinski definition) is 5. The van der Waals surface area contributed by atoms with Crippen molar-refractivity contribution in [1.82, 2.24) is 20.3 Å². The predicted octanol–water partition coefficient (Wildman–Crippen LogP) is 2.15. The van der Waals surface area contributed by atoms with Crippen molar-refractivity contribution in [1.29, 1.82) is 0 Å². The highest BCUT2D eigenvalue weighted by molar-refractivity contribution is 7.14. The monoisotopic (exact) mass is 355 g/mol. The van der Waals surface area contributed by atoms with Crippen molar-refractivity contribution in [2.75, 3.05) is 6.54 Å². The van der Waals surface area contributed by atoms with Crippen LogP contribution in [-0.2, 0) is 13.5 Å². The van der Waals surface area contributed by atoms with Gasteiger partial charge in [0.25, 0.3) is 5.91 Å². The lowest BCUT2D eigenvalue weighted by molar-refractivity contribution is 0.0942. The molecule has 0 saturated carbocycles. The molecular formula is C18H21N5OS. The van der Waals surface area contributed by atoms with E-state index in [9.17, 15) is 4.79 Å². The molecule has 1 amide bonds. The summed E-state index contributed by atoms with van der Waals surface area (Å²) >= 11 is 1.47. The zero-order valence-electron chi connectivity index (χ0n) is 14.3. The van der Waals surface area contributed by atoms with Crippen LogP contribution in [0.25, 0.3) is 11.3 Å². The van der Waals surface area contributed by atoms with Crippen LogP contribution in [0.2, 0.25) is 0 Å². The number of nitrogens with zero attached hydrogens (tertiary/aromatic N) is 3. The molecule has 1 aromatic carbocycles. The zero-order chi connectivity index (χ0) is 17.8. The maximum Gasteiger partial charge on any atom is 0.261 e. The van der Waals surface area contributed by atoms with E-state index in [1.54, 1.807) is 10.9 Å². The molecule has 2 aromatic heterocycles. The summed E-state index contributed by atoms with van der Waals surface area (Å²) in [7, 11) is 1.84. The minimum absolute atomic E-state index is 0.0964. The van der Waals surface area contributed by atoms with E-state index in [0.29, 0.717) is 17.8 Å². The van der Waals surface area contributed by atoms with Gasteiger partial charge in [0.15, 0.2) is 0 Å². The molecule has 7 heteroatoms. The van der Waals surface area contributed by atoms with Crippen LogP contribution in [0.15, 0.2) is 42.6 Å². The number of rotatable bonds is 6. The van der Waals surface area contributed by atoms with E-state index in [-0.39, 0.29) is 11.9 Å². The average molecular weight is 355 g/mol. The third-order valence-electron chi connectivity index (χ3n) is 4.08. The van der Waals surface area contributed by atoms with E-state index in [0.717, 1.165) is 21.7 Å². The number of aryl methyl sites for hydroxylation is 2. The Morgan fingerprint density at radius 3 is 2.76 bits per heavy atom. The smallest absolute Gasteiger partial charge is 0.261 e. The lowest BCUT2D eigenvalue weighted by Crippen LogP contribution is -2.41. The minimum Gasteiger partial charge on any atom is -0.347 e. The standard InChI is InChI=1S/C18H21N5OS/c1-12-15(16-11-20-22-23(16)2)9-17(25-12)18(24)21-14(10-19)8-13-6-4-3-5-7-13/h3-7,9,11,14H,8,10,19H2,1-2H3,(H,21,24)/t14-/m0/s1. The van der Waals surface area contributed by atoms with Crippen LogP contribution in [0, 0.1) is 6.92 Å². The van der Waals surface area contributed by atoms with E-state index in [2.05, 4.69) is 15.6 Å². The van der Waals surface area contributed by atoms with E-state index in [1.165, 1.54) is 11.3 Å². The van der Waals surface area contributed by atoms with E-state index >= 15 is 0 Å². The van der Waals surface area contributed by atoms with Gasteiger partial charge in [-0.25, -0.2) is 4.68 Å². The number of hydrogen-bond donors (Lipinski definition) is 2. The van der Waals surface area contributed by atoms with Crippen molar-refractivity contribution in [3.63, 3.8) is 0 Å². The molecule has 0 aliphatic heterocycles. The highest BCUT2D eigenvalue weighted by atomic mass is 32.1. The quantitative estimate of drug-likeness (QED) is 0.709. The van der Waals surface area contributed by atoms with Crippen LogP contribution in [0.4, 0.5) is 0 Å². The molecular weight excluding hydrogens is 334 g/mol. The molecule has 2 heterocycles. The third kappa shape index (κ3) is 3.94. The topological polar surface area (TPSA) is 85.8 Å². The lowest BCUT2D eigenvalue weighted by atomic mass is 10.1.